The van der Waals surface area contributed by atoms with Gasteiger partial charge >= 0.3 is 0 Å². The number of para-hydroxylation sites is 8. The number of benzene rings is 21. The lowest BCUT2D eigenvalue weighted by Crippen LogP contribution is -2.01. The van der Waals surface area contributed by atoms with Gasteiger partial charge in [0.1, 0.15) is 0 Å². The summed E-state index contributed by atoms with van der Waals surface area (Å²) in [6, 6.07) is 180. The molecule has 27 rings (SSSR count). The van der Waals surface area contributed by atoms with Crippen LogP contribution in [0.2, 0.25) is 0 Å². The summed E-state index contributed by atoms with van der Waals surface area (Å²) in [6.07, 6.45) is 0. The SMILES string of the molecule is c1ccc(-c2ccc3c(c2)c2c(-c4cccc5c4c4cc(-c6ccccc6)ccc4n5-c4ccc(-c5ccc6c(c5)c5ccccc5n6-c5ccccc5-c5ccccc5-n5c6ccccc6c6ccccc65)cc4)cccc2n3-c2ccc(-c3ccc4c(c3)c3ccccc3n4-c3ccc(-c4ccccc4-c4ccc(-n5c6ccccc6c6ccccc65)cc4)cc3)cc2)cc1. The number of hydrogen-bond acceptors (Lipinski definition) is 0. The standard InChI is InChI=1S/C126H80N6/c1-3-27-81(28-4-1)89-63-75-121-109(79-89)125-105(41-25-51-123(125)129(121)93-65-53-83(54-66-93)87-61-73-119-107(77-87)103-39-15-19-45-113(103)128(119)92-71-59-86(60-72-92)96-32-8-7-31-95(96)85-57-69-91(70-58-85)127-111-43-17-9-33-97(111)98-34-10-18-44-112(98)127)106-42-26-52-124-126(106)110-80-90(82-29-5-2-6-30-82)64-76-122(110)130(124)94-67-55-84(56-68-94)88-62-74-120-108(78-88)104-40-16-24-50-118(104)132(120)117-49-23-14-38-102(117)101-37-13-22-48-116(101)131-114-46-20-11-35-99(114)100-36-12-21-47-115(100)131/h1-80H. The molecule has 0 bridgehead atoms. The summed E-state index contributed by atoms with van der Waals surface area (Å²) in [6.45, 7) is 0. The Balaban J connectivity index is 0.537. The largest absolute Gasteiger partial charge is 0.309 e. The number of fused-ring (bicyclic) bond motifs is 18. The Morgan fingerprint density at radius 1 is 0.106 bits per heavy atom. The molecule has 27 aromatic rings. The van der Waals surface area contributed by atoms with Crippen molar-refractivity contribution in [3.8, 4) is 123 Å². The van der Waals surface area contributed by atoms with E-state index in [1.807, 2.05) is 0 Å². The van der Waals surface area contributed by atoms with Crippen LogP contribution in [0.5, 0.6) is 0 Å². The minimum absolute atomic E-state index is 1.09. The van der Waals surface area contributed by atoms with E-state index >= 15 is 0 Å². The topological polar surface area (TPSA) is 29.6 Å². The molecule has 0 unspecified atom stereocenters. The molecule has 0 saturated carbocycles. The van der Waals surface area contributed by atoms with Gasteiger partial charge in [0.15, 0.2) is 0 Å². The minimum Gasteiger partial charge on any atom is -0.309 e. The molecule has 6 nitrogen and oxygen atoms in total. The van der Waals surface area contributed by atoms with Gasteiger partial charge in [-0.15, -0.1) is 0 Å². The molecule has 0 aliphatic carbocycles. The van der Waals surface area contributed by atoms with Crippen molar-refractivity contribution in [1.29, 1.82) is 0 Å². The zero-order valence-corrected chi connectivity index (χ0v) is 71.9. The second kappa shape index (κ2) is 30.0. The van der Waals surface area contributed by atoms with Crippen LogP contribution in [-0.4, -0.2) is 27.4 Å². The Labute approximate surface area is 761 Å². The first-order chi connectivity index (χ1) is 65.5. The van der Waals surface area contributed by atoms with Gasteiger partial charge in [0.05, 0.1) is 77.6 Å². The van der Waals surface area contributed by atoms with E-state index in [0.717, 1.165) is 106 Å². The Bertz CT molecular complexity index is 9250. The molecule has 6 heteroatoms. The van der Waals surface area contributed by atoms with Gasteiger partial charge in [0.2, 0.25) is 0 Å². The number of hydrogen-bond donors (Lipinski definition) is 0. The van der Waals surface area contributed by atoms with Crippen molar-refractivity contribution in [2.45, 2.75) is 0 Å². The highest BCUT2D eigenvalue weighted by Gasteiger charge is 2.27. The zero-order valence-electron chi connectivity index (χ0n) is 71.9. The highest BCUT2D eigenvalue weighted by molar-refractivity contribution is 6.24. The maximum absolute atomic E-state index is 2.49. The summed E-state index contributed by atoms with van der Waals surface area (Å²) in [4.78, 5) is 0. The van der Waals surface area contributed by atoms with Crippen LogP contribution in [-0.2, 0) is 0 Å². The van der Waals surface area contributed by atoms with Crippen molar-refractivity contribution in [2.75, 3.05) is 0 Å². The Kier molecular flexibility index (Phi) is 17.0. The van der Waals surface area contributed by atoms with Crippen molar-refractivity contribution in [1.82, 2.24) is 27.4 Å². The molecule has 0 amide bonds. The van der Waals surface area contributed by atoms with Gasteiger partial charge in [-0.1, -0.05) is 328 Å². The van der Waals surface area contributed by atoms with Crippen LogP contribution in [0.15, 0.2) is 485 Å². The third-order valence-electron chi connectivity index (χ3n) is 27.9. The van der Waals surface area contributed by atoms with Crippen LogP contribution in [0.4, 0.5) is 0 Å². The first-order valence-corrected chi connectivity index (χ1v) is 45.5. The van der Waals surface area contributed by atoms with E-state index < -0.39 is 0 Å². The normalized spacial score (nSPS) is 11.9. The van der Waals surface area contributed by atoms with Gasteiger partial charge in [-0.25, -0.2) is 0 Å². The van der Waals surface area contributed by atoms with Gasteiger partial charge in [-0.3, -0.25) is 0 Å². The molecule has 0 aliphatic rings. The number of rotatable bonds is 14. The van der Waals surface area contributed by atoms with Crippen LogP contribution in [0, 0.1) is 0 Å². The smallest absolute Gasteiger partial charge is 0.0547 e. The third kappa shape index (κ3) is 11.7. The summed E-state index contributed by atoms with van der Waals surface area (Å²) in [5.74, 6) is 0. The molecule has 0 radical (unpaired) electrons. The molecule has 21 aromatic carbocycles. The van der Waals surface area contributed by atoms with E-state index in [2.05, 4.69) is 513 Å². The predicted molar refractivity (Wildman–Crippen MR) is 556 cm³/mol. The van der Waals surface area contributed by atoms with Crippen molar-refractivity contribution >= 4 is 131 Å². The molecular formula is C126H80N6. The monoisotopic (exact) mass is 1680 g/mol. The third-order valence-corrected chi connectivity index (χ3v) is 27.9. The highest BCUT2D eigenvalue weighted by Crippen LogP contribution is 2.49. The van der Waals surface area contributed by atoms with Crippen LogP contribution < -0.4 is 0 Å². The van der Waals surface area contributed by atoms with Crippen molar-refractivity contribution < 1.29 is 0 Å². The molecule has 132 heavy (non-hydrogen) atoms. The van der Waals surface area contributed by atoms with E-state index in [9.17, 15) is 0 Å². The molecule has 0 aliphatic heterocycles. The maximum Gasteiger partial charge on any atom is 0.0547 e. The van der Waals surface area contributed by atoms with Gasteiger partial charge in [0, 0.05) is 98.5 Å². The Morgan fingerprint density at radius 3 is 0.659 bits per heavy atom. The van der Waals surface area contributed by atoms with Gasteiger partial charge in [-0.05, 0) is 236 Å². The summed E-state index contributed by atoms with van der Waals surface area (Å²) < 4.78 is 14.7. The van der Waals surface area contributed by atoms with Crippen LogP contribution in [0.3, 0.4) is 0 Å². The lowest BCUT2D eigenvalue weighted by atomic mass is 9.94. The molecule has 0 saturated heterocycles. The maximum atomic E-state index is 2.49. The fourth-order valence-corrected chi connectivity index (χ4v) is 22.0. The average molecular weight is 1680 g/mol. The first-order valence-electron chi connectivity index (χ1n) is 45.5. The quantitative estimate of drug-likeness (QED) is 0.104. The second-order valence-corrected chi connectivity index (χ2v) is 34.9. The Hall–Kier alpha value is -17.6. The predicted octanol–water partition coefficient (Wildman–Crippen LogP) is 33.6. The lowest BCUT2D eigenvalue weighted by Gasteiger charge is -2.18. The van der Waals surface area contributed by atoms with Gasteiger partial charge < -0.3 is 27.4 Å². The highest BCUT2D eigenvalue weighted by atomic mass is 15.0. The lowest BCUT2D eigenvalue weighted by molar-refractivity contribution is 1.16. The molecule has 614 valence electrons. The minimum atomic E-state index is 1.09. The van der Waals surface area contributed by atoms with E-state index in [1.165, 1.54) is 148 Å². The average Bonchev–Trinajstić information content (AvgIpc) is 1.55. The second-order valence-electron chi connectivity index (χ2n) is 34.9. The number of aromatic nitrogens is 6. The van der Waals surface area contributed by atoms with Crippen LogP contribution in [0.1, 0.15) is 0 Å². The summed E-state index contributed by atoms with van der Waals surface area (Å²) in [5.41, 5.74) is 39.4. The molecular weight excluding hydrogens is 1600 g/mol. The van der Waals surface area contributed by atoms with E-state index in [1.54, 1.807) is 0 Å². The van der Waals surface area contributed by atoms with Gasteiger partial charge in [-0.2, -0.15) is 0 Å². The van der Waals surface area contributed by atoms with Crippen molar-refractivity contribution in [3.05, 3.63) is 485 Å². The first kappa shape index (κ1) is 74.6. The molecule has 0 atom stereocenters. The van der Waals surface area contributed by atoms with E-state index in [0.29, 0.717) is 0 Å². The Morgan fingerprint density at radius 2 is 0.318 bits per heavy atom. The van der Waals surface area contributed by atoms with Crippen molar-refractivity contribution in [3.63, 3.8) is 0 Å². The molecule has 0 N–H and O–H groups in total. The molecule has 6 heterocycles. The zero-order chi connectivity index (χ0) is 86.6. The van der Waals surface area contributed by atoms with E-state index in [4.69, 9.17) is 0 Å². The molecule has 0 fully saturated rings. The summed E-state index contributed by atoms with van der Waals surface area (Å²) >= 11 is 0. The number of nitrogens with zero attached hydrogens (tertiary/aromatic N) is 6. The summed E-state index contributed by atoms with van der Waals surface area (Å²) in [5, 5.41) is 14.6. The molecule has 0 spiro atoms. The van der Waals surface area contributed by atoms with Crippen molar-refractivity contribution in [2.24, 2.45) is 0 Å². The van der Waals surface area contributed by atoms with Crippen LogP contribution >= 0.6 is 0 Å². The van der Waals surface area contributed by atoms with Crippen LogP contribution in [0.25, 0.3) is 254 Å². The van der Waals surface area contributed by atoms with E-state index in [-0.39, 0.29) is 0 Å². The summed E-state index contributed by atoms with van der Waals surface area (Å²) in [7, 11) is 0. The fraction of sp³-hybridized carbons (Fsp3) is 0. The molecule has 6 aromatic heterocycles. The fourth-order valence-electron chi connectivity index (χ4n) is 22.0. The van der Waals surface area contributed by atoms with Gasteiger partial charge in [0.25, 0.3) is 0 Å².